The Bertz CT molecular complexity index is 1080. The van der Waals surface area contributed by atoms with Crippen LogP contribution in [0.25, 0.3) is 0 Å². The van der Waals surface area contributed by atoms with Gasteiger partial charge in [0.25, 0.3) is 11.4 Å². The molecule has 0 aromatic heterocycles. The van der Waals surface area contributed by atoms with E-state index in [0.29, 0.717) is 12.1 Å². The summed E-state index contributed by atoms with van der Waals surface area (Å²) in [6, 6.07) is 22.5. The van der Waals surface area contributed by atoms with E-state index in [4.69, 9.17) is 5.11 Å². The summed E-state index contributed by atoms with van der Waals surface area (Å²) in [7, 11) is 0. The fourth-order valence-electron chi connectivity index (χ4n) is 3.46. The van der Waals surface area contributed by atoms with Crippen LogP contribution in [0.15, 0.2) is 72.8 Å². The number of nitro groups is 3. The first-order valence-corrected chi connectivity index (χ1v) is 11.3. The van der Waals surface area contributed by atoms with Crippen LogP contribution in [0.4, 0.5) is 17.1 Å². The first-order valence-electron chi connectivity index (χ1n) is 11.3. The van der Waals surface area contributed by atoms with Gasteiger partial charge in [0.05, 0.1) is 26.9 Å². The van der Waals surface area contributed by atoms with Crippen molar-refractivity contribution in [1.82, 2.24) is 4.90 Å². The Hall–Kier alpha value is -4.38. The van der Waals surface area contributed by atoms with Gasteiger partial charge in [-0.25, -0.2) is 0 Å². The predicted octanol–water partition coefficient (Wildman–Crippen LogP) is 6.00. The Balaban J connectivity index is 0.000000261. The summed E-state index contributed by atoms with van der Waals surface area (Å²) in [5.74, 6) is -1.21. The van der Waals surface area contributed by atoms with Crippen LogP contribution >= 0.6 is 0 Å². The van der Waals surface area contributed by atoms with Crippen LogP contribution in [0, 0.1) is 30.3 Å². The number of nitro benzene ring substituents is 3. The highest BCUT2D eigenvalue weighted by atomic mass is 16.6. The molecule has 1 N–H and O–H groups in total. The van der Waals surface area contributed by atoms with Crippen LogP contribution in [-0.4, -0.2) is 31.3 Å². The summed E-state index contributed by atoms with van der Waals surface area (Å²) in [6.45, 7) is 5.52. The molecule has 3 aromatic rings. The van der Waals surface area contributed by atoms with Gasteiger partial charge in [0.15, 0.2) is 0 Å². The Morgan fingerprint density at radius 3 is 1.53 bits per heavy atom. The van der Waals surface area contributed by atoms with Gasteiger partial charge < -0.3 is 5.11 Å². The molecular weight excluding hydrogens is 468 g/mol. The third kappa shape index (κ3) is 8.76. The molecule has 3 aromatic carbocycles. The van der Waals surface area contributed by atoms with Crippen LogP contribution in [0.2, 0.25) is 0 Å². The van der Waals surface area contributed by atoms with Gasteiger partial charge in [0, 0.05) is 13.1 Å². The molecule has 0 fully saturated rings. The topological polar surface area (TPSA) is 153 Å². The number of hydrogen-bond donors (Lipinski definition) is 1. The monoisotopic (exact) mass is 496 g/mol. The van der Waals surface area contributed by atoms with E-state index in [1.54, 1.807) is 0 Å². The van der Waals surface area contributed by atoms with Gasteiger partial charge in [-0.15, -0.1) is 0 Å². The standard InChI is InChI=1S/C19H25N.C6H3N3O7/c1-2-3-10-15-20(16-18-11-6-4-7-12-18)17-19-13-8-5-9-14-19;10-6-4(8(13)14)1-3(7(11)12)2-5(6)9(15)16/h4-9,11-14H,2-3,10,15-17H2,1H3;1-2,10H. The van der Waals surface area contributed by atoms with Gasteiger partial charge in [-0.05, 0) is 24.1 Å². The van der Waals surface area contributed by atoms with Crippen molar-refractivity contribution in [2.45, 2.75) is 39.3 Å². The zero-order valence-corrected chi connectivity index (χ0v) is 19.9. The van der Waals surface area contributed by atoms with Gasteiger partial charge in [-0.3, -0.25) is 35.2 Å². The van der Waals surface area contributed by atoms with Crippen molar-refractivity contribution < 1.29 is 19.9 Å². The van der Waals surface area contributed by atoms with Crippen molar-refractivity contribution in [2.24, 2.45) is 0 Å². The van der Waals surface area contributed by atoms with Crippen LogP contribution in [-0.2, 0) is 13.1 Å². The van der Waals surface area contributed by atoms with Crippen molar-refractivity contribution in [3.8, 4) is 5.75 Å². The van der Waals surface area contributed by atoms with Crippen LogP contribution in [0.5, 0.6) is 5.75 Å². The molecule has 0 saturated carbocycles. The largest absolute Gasteiger partial charge is 0.497 e. The summed E-state index contributed by atoms with van der Waals surface area (Å²) in [6.07, 6.45) is 3.89. The third-order valence-electron chi connectivity index (χ3n) is 5.23. The SMILES string of the molecule is CCCCCN(Cc1ccccc1)Cc1ccccc1.O=[N+]([O-])c1cc([N+](=O)[O-])c(O)c([N+](=O)[O-])c1. The summed E-state index contributed by atoms with van der Waals surface area (Å²) in [5, 5.41) is 40.2. The molecule has 0 atom stereocenters. The molecule has 0 radical (unpaired) electrons. The number of hydrogen-bond acceptors (Lipinski definition) is 8. The van der Waals surface area contributed by atoms with Crippen LogP contribution in [0.1, 0.15) is 37.3 Å². The average molecular weight is 497 g/mol. The molecule has 0 saturated heterocycles. The van der Waals surface area contributed by atoms with Gasteiger partial charge in [-0.1, -0.05) is 80.4 Å². The van der Waals surface area contributed by atoms with Crippen LogP contribution < -0.4 is 0 Å². The number of benzene rings is 3. The molecule has 0 aliphatic heterocycles. The van der Waals surface area contributed by atoms with E-state index < -0.39 is 37.6 Å². The van der Waals surface area contributed by atoms with E-state index in [2.05, 4.69) is 72.5 Å². The minimum absolute atomic E-state index is 0.447. The number of non-ortho nitro benzene ring substituents is 1. The minimum atomic E-state index is -1.21. The van der Waals surface area contributed by atoms with E-state index in [0.717, 1.165) is 13.1 Å². The lowest BCUT2D eigenvalue weighted by molar-refractivity contribution is -0.404. The molecule has 3 rings (SSSR count). The molecule has 0 unspecified atom stereocenters. The van der Waals surface area contributed by atoms with Crippen molar-refractivity contribution >= 4 is 17.1 Å². The van der Waals surface area contributed by atoms with Gasteiger partial charge in [-0.2, -0.15) is 0 Å². The maximum absolute atomic E-state index is 10.4. The highest BCUT2D eigenvalue weighted by Gasteiger charge is 2.30. The van der Waals surface area contributed by atoms with Crippen LogP contribution in [0.3, 0.4) is 0 Å². The molecule has 0 aliphatic carbocycles. The molecule has 11 heteroatoms. The molecule has 0 spiro atoms. The Morgan fingerprint density at radius 1 is 0.722 bits per heavy atom. The van der Waals surface area contributed by atoms with Crippen molar-refractivity contribution in [3.63, 3.8) is 0 Å². The molecule has 36 heavy (non-hydrogen) atoms. The molecule has 0 heterocycles. The van der Waals surface area contributed by atoms with E-state index >= 15 is 0 Å². The lowest BCUT2D eigenvalue weighted by Crippen LogP contribution is -2.24. The fourth-order valence-corrected chi connectivity index (χ4v) is 3.46. The number of phenols is 1. The number of aromatic hydroxyl groups is 1. The van der Waals surface area contributed by atoms with Crippen molar-refractivity contribution in [3.05, 3.63) is 114 Å². The lowest BCUT2D eigenvalue weighted by Gasteiger charge is -2.22. The van der Waals surface area contributed by atoms with E-state index in [1.807, 2.05) is 0 Å². The van der Waals surface area contributed by atoms with Crippen molar-refractivity contribution in [1.29, 1.82) is 0 Å². The van der Waals surface area contributed by atoms with Gasteiger partial charge in [0.1, 0.15) is 0 Å². The highest BCUT2D eigenvalue weighted by molar-refractivity contribution is 5.64. The summed E-state index contributed by atoms with van der Waals surface area (Å²) in [4.78, 5) is 30.3. The van der Waals surface area contributed by atoms with E-state index in [-0.39, 0.29) is 0 Å². The predicted molar refractivity (Wildman–Crippen MR) is 135 cm³/mol. The van der Waals surface area contributed by atoms with E-state index in [1.165, 1.54) is 36.9 Å². The number of nitrogens with zero attached hydrogens (tertiary/aromatic N) is 4. The van der Waals surface area contributed by atoms with Gasteiger partial charge in [0.2, 0.25) is 0 Å². The number of unbranched alkanes of at least 4 members (excludes halogenated alkanes) is 2. The molecule has 0 amide bonds. The van der Waals surface area contributed by atoms with E-state index in [9.17, 15) is 30.3 Å². The minimum Gasteiger partial charge on any atom is -0.497 e. The normalized spacial score (nSPS) is 10.4. The summed E-state index contributed by atoms with van der Waals surface area (Å²) in [5.41, 5.74) is -0.196. The Labute approximate surface area is 208 Å². The first-order chi connectivity index (χ1) is 17.2. The fraction of sp³-hybridized carbons (Fsp3) is 0.280. The smallest absolute Gasteiger partial charge is 0.324 e. The van der Waals surface area contributed by atoms with Crippen molar-refractivity contribution in [2.75, 3.05) is 6.54 Å². The zero-order valence-electron chi connectivity index (χ0n) is 19.9. The summed E-state index contributed by atoms with van der Waals surface area (Å²) < 4.78 is 0. The van der Waals surface area contributed by atoms with Gasteiger partial charge >= 0.3 is 11.4 Å². The number of phenolic OH excluding ortho intramolecular Hbond substituents is 1. The summed E-state index contributed by atoms with van der Waals surface area (Å²) >= 11 is 0. The zero-order chi connectivity index (χ0) is 26.5. The third-order valence-corrected chi connectivity index (χ3v) is 5.23. The molecule has 11 nitrogen and oxygen atoms in total. The molecule has 0 aliphatic rings. The number of rotatable bonds is 11. The second-order valence-corrected chi connectivity index (χ2v) is 7.99. The average Bonchev–Trinajstić information content (AvgIpc) is 2.85. The molecule has 0 bridgehead atoms. The maximum Gasteiger partial charge on any atom is 0.324 e. The Kier molecular flexibility index (Phi) is 10.9. The Morgan fingerprint density at radius 2 is 1.17 bits per heavy atom. The molecule has 190 valence electrons. The quantitative estimate of drug-likeness (QED) is 0.193. The second kappa shape index (κ2) is 14.1. The molecular formula is C25H28N4O7. The lowest BCUT2D eigenvalue weighted by atomic mass is 10.1. The second-order valence-electron chi connectivity index (χ2n) is 7.99. The highest BCUT2D eigenvalue weighted by Crippen LogP contribution is 2.38. The first kappa shape index (κ1) is 27.9. The maximum atomic E-state index is 10.4.